The van der Waals surface area contributed by atoms with Crippen molar-refractivity contribution in [3.63, 3.8) is 0 Å². The van der Waals surface area contributed by atoms with E-state index in [4.69, 9.17) is 4.74 Å². The largest absolute Gasteiger partial charge is 0.369 e. The SMILES string of the molecule is Cc1ccsc1C1CNC2(CCCC(C)C2)CO1. The van der Waals surface area contributed by atoms with E-state index < -0.39 is 0 Å². The van der Waals surface area contributed by atoms with Gasteiger partial charge in [-0.25, -0.2) is 0 Å². The Labute approximate surface area is 114 Å². The molecule has 100 valence electrons. The summed E-state index contributed by atoms with van der Waals surface area (Å²) in [7, 11) is 0. The molecule has 1 saturated carbocycles. The fourth-order valence-electron chi connectivity index (χ4n) is 3.51. The van der Waals surface area contributed by atoms with E-state index >= 15 is 0 Å². The topological polar surface area (TPSA) is 21.3 Å². The Kier molecular flexibility index (Phi) is 3.48. The van der Waals surface area contributed by atoms with E-state index in [2.05, 4.69) is 30.6 Å². The minimum Gasteiger partial charge on any atom is -0.369 e. The number of aryl methyl sites for hydroxylation is 1. The molecule has 3 unspecified atom stereocenters. The van der Waals surface area contributed by atoms with Crippen molar-refractivity contribution in [3.05, 3.63) is 21.9 Å². The zero-order chi connectivity index (χ0) is 12.6. The van der Waals surface area contributed by atoms with Crippen LogP contribution in [0.3, 0.4) is 0 Å². The van der Waals surface area contributed by atoms with Crippen molar-refractivity contribution in [2.24, 2.45) is 5.92 Å². The van der Waals surface area contributed by atoms with Gasteiger partial charge in [-0.15, -0.1) is 11.3 Å². The predicted octanol–water partition coefficient (Wildman–Crippen LogP) is 3.67. The summed E-state index contributed by atoms with van der Waals surface area (Å²) < 4.78 is 6.19. The molecule has 2 heterocycles. The minimum atomic E-state index is 0.271. The van der Waals surface area contributed by atoms with Crippen molar-refractivity contribution in [2.45, 2.75) is 51.2 Å². The van der Waals surface area contributed by atoms with Gasteiger partial charge in [0.15, 0.2) is 0 Å². The van der Waals surface area contributed by atoms with E-state index in [-0.39, 0.29) is 11.6 Å². The van der Waals surface area contributed by atoms with Crippen LogP contribution < -0.4 is 5.32 Å². The van der Waals surface area contributed by atoms with Crippen molar-refractivity contribution in [3.8, 4) is 0 Å². The Balaban J connectivity index is 1.66. The van der Waals surface area contributed by atoms with Gasteiger partial charge in [-0.2, -0.15) is 0 Å². The van der Waals surface area contributed by atoms with Gasteiger partial charge in [0.05, 0.1) is 6.61 Å². The van der Waals surface area contributed by atoms with Gasteiger partial charge >= 0.3 is 0 Å². The summed E-state index contributed by atoms with van der Waals surface area (Å²) >= 11 is 1.83. The van der Waals surface area contributed by atoms with Crippen molar-refractivity contribution >= 4 is 11.3 Å². The van der Waals surface area contributed by atoms with Crippen LogP contribution in [0.4, 0.5) is 0 Å². The highest BCUT2D eigenvalue weighted by molar-refractivity contribution is 7.10. The molecule has 3 heteroatoms. The first-order valence-electron chi connectivity index (χ1n) is 7.09. The maximum atomic E-state index is 6.19. The van der Waals surface area contributed by atoms with Crippen molar-refractivity contribution < 1.29 is 4.74 Å². The first kappa shape index (κ1) is 12.6. The standard InChI is InChI=1S/C15H23NOS/c1-11-4-3-6-15(8-11)10-17-13(9-16-15)14-12(2)5-7-18-14/h5,7,11,13,16H,3-4,6,8-10H2,1-2H3. The third kappa shape index (κ3) is 2.36. The first-order valence-corrected chi connectivity index (χ1v) is 7.97. The van der Waals surface area contributed by atoms with Gasteiger partial charge in [-0.05, 0) is 42.7 Å². The zero-order valence-corrected chi connectivity index (χ0v) is 12.2. The van der Waals surface area contributed by atoms with Crippen LogP contribution >= 0.6 is 11.3 Å². The number of ether oxygens (including phenoxy) is 1. The first-order chi connectivity index (χ1) is 8.69. The summed E-state index contributed by atoms with van der Waals surface area (Å²) in [6.45, 7) is 6.42. The lowest BCUT2D eigenvalue weighted by Crippen LogP contribution is -2.56. The van der Waals surface area contributed by atoms with E-state index in [0.717, 1.165) is 19.1 Å². The molecule has 18 heavy (non-hydrogen) atoms. The molecule has 0 aromatic carbocycles. The lowest BCUT2D eigenvalue weighted by molar-refractivity contribution is -0.0515. The monoisotopic (exact) mass is 265 g/mol. The number of nitrogens with one attached hydrogen (secondary N) is 1. The van der Waals surface area contributed by atoms with Crippen LogP contribution in [-0.4, -0.2) is 18.7 Å². The number of hydrogen-bond acceptors (Lipinski definition) is 3. The second kappa shape index (κ2) is 4.95. The van der Waals surface area contributed by atoms with Gasteiger partial charge in [-0.1, -0.05) is 19.8 Å². The van der Waals surface area contributed by atoms with Crippen molar-refractivity contribution in [2.75, 3.05) is 13.2 Å². The maximum absolute atomic E-state index is 6.19. The molecule has 3 rings (SSSR count). The van der Waals surface area contributed by atoms with Crippen molar-refractivity contribution in [1.29, 1.82) is 0 Å². The molecule has 0 bridgehead atoms. The van der Waals surface area contributed by atoms with E-state index in [0.29, 0.717) is 0 Å². The summed E-state index contributed by atoms with van der Waals surface area (Å²) in [4.78, 5) is 1.40. The van der Waals surface area contributed by atoms with Gasteiger partial charge in [0, 0.05) is 17.0 Å². The highest BCUT2D eigenvalue weighted by Crippen LogP contribution is 2.37. The number of thiophene rings is 1. The Bertz CT molecular complexity index is 406. The number of hydrogen-bond donors (Lipinski definition) is 1. The molecule has 1 aromatic heterocycles. The second-order valence-electron chi connectivity index (χ2n) is 6.13. The number of rotatable bonds is 1. The summed E-state index contributed by atoms with van der Waals surface area (Å²) in [5.74, 6) is 0.842. The minimum absolute atomic E-state index is 0.271. The van der Waals surface area contributed by atoms with E-state index in [1.54, 1.807) is 0 Å². The molecule has 1 aromatic rings. The van der Waals surface area contributed by atoms with Crippen LogP contribution in [0.1, 0.15) is 49.2 Å². The molecule has 1 spiro atoms. The molecular weight excluding hydrogens is 242 g/mol. The highest BCUT2D eigenvalue weighted by Gasteiger charge is 2.39. The number of morpholine rings is 1. The Morgan fingerprint density at radius 2 is 2.39 bits per heavy atom. The van der Waals surface area contributed by atoms with Crippen LogP contribution in [0, 0.1) is 12.8 Å². The third-order valence-corrected chi connectivity index (χ3v) is 5.62. The molecule has 0 radical (unpaired) electrons. The van der Waals surface area contributed by atoms with Crippen molar-refractivity contribution in [1.82, 2.24) is 5.32 Å². The fourth-order valence-corrected chi connectivity index (χ4v) is 4.49. The quantitative estimate of drug-likeness (QED) is 0.836. The maximum Gasteiger partial charge on any atom is 0.104 e. The molecule has 2 nitrogen and oxygen atoms in total. The average Bonchev–Trinajstić information content (AvgIpc) is 2.76. The van der Waals surface area contributed by atoms with Gasteiger partial charge in [0.1, 0.15) is 6.10 Å². The van der Waals surface area contributed by atoms with Crippen LogP contribution in [0.2, 0.25) is 0 Å². The van der Waals surface area contributed by atoms with E-state index in [1.165, 1.54) is 36.1 Å². The van der Waals surface area contributed by atoms with Crippen LogP contribution in [-0.2, 0) is 4.74 Å². The van der Waals surface area contributed by atoms with Gasteiger partial charge in [-0.3, -0.25) is 0 Å². The van der Waals surface area contributed by atoms with Crippen LogP contribution in [0.5, 0.6) is 0 Å². The van der Waals surface area contributed by atoms with Gasteiger partial charge in [0.25, 0.3) is 0 Å². The lowest BCUT2D eigenvalue weighted by atomic mass is 9.76. The summed E-state index contributed by atoms with van der Waals surface area (Å²) in [6, 6.07) is 2.19. The molecular formula is C15H23NOS. The third-order valence-electron chi connectivity index (χ3n) is 4.51. The Morgan fingerprint density at radius 3 is 3.00 bits per heavy atom. The molecule has 3 atom stereocenters. The van der Waals surface area contributed by atoms with E-state index in [1.807, 2.05) is 11.3 Å². The highest BCUT2D eigenvalue weighted by atomic mass is 32.1. The average molecular weight is 265 g/mol. The molecule has 1 saturated heterocycles. The molecule has 1 N–H and O–H groups in total. The normalized spacial score (nSPS) is 37.0. The summed E-state index contributed by atoms with van der Waals surface area (Å²) in [6.07, 6.45) is 5.57. The predicted molar refractivity (Wildman–Crippen MR) is 76.1 cm³/mol. The molecule has 1 aliphatic heterocycles. The van der Waals surface area contributed by atoms with Gasteiger partial charge < -0.3 is 10.1 Å². The summed E-state index contributed by atoms with van der Waals surface area (Å²) in [5.41, 5.74) is 1.65. The zero-order valence-electron chi connectivity index (χ0n) is 11.4. The lowest BCUT2D eigenvalue weighted by Gasteiger charge is -2.45. The molecule has 1 aliphatic carbocycles. The second-order valence-corrected chi connectivity index (χ2v) is 7.08. The smallest absolute Gasteiger partial charge is 0.104 e. The van der Waals surface area contributed by atoms with Crippen LogP contribution in [0.25, 0.3) is 0 Å². The van der Waals surface area contributed by atoms with Crippen LogP contribution in [0.15, 0.2) is 11.4 Å². The van der Waals surface area contributed by atoms with E-state index in [9.17, 15) is 0 Å². The van der Waals surface area contributed by atoms with Gasteiger partial charge in [0.2, 0.25) is 0 Å². The molecule has 0 amide bonds. The molecule has 2 fully saturated rings. The Morgan fingerprint density at radius 1 is 1.50 bits per heavy atom. The summed E-state index contributed by atoms with van der Waals surface area (Å²) in [5, 5.41) is 5.98. The Hall–Kier alpha value is -0.380. The fraction of sp³-hybridized carbons (Fsp3) is 0.733. The molecule has 2 aliphatic rings.